The van der Waals surface area contributed by atoms with Gasteiger partial charge in [-0.15, -0.1) is 0 Å². The molecule has 0 aliphatic heterocycles. The van der Waals surface area contributed by atoms with E-state index in [1.54, 1.807) is 19.2 Å². The highest BCUT2D eigenvalue weighted by atomic mass is 32.2. The number of ether oxygens (including phenoxy) is 1. The molecule has 114 valence electrons. The minimum Gasteiger partial charge on any atom is -0.384 e. The number of rotatable bonds is 9. The Kier molecular flexibility index (Phi) is 7.15. The molecule has 1 rings (SSSR count). The predicted molar refractivity (Wildman–Crippen MR) is 80.3 cm³/mol. The monoisotopic (exact) mass is 300 g/mol. The molecule has 0 saturated carbocycles. The van der Waals surface area contributed by atoms with Gasteiger partial charge in [0.1, 0.15) is 0 Å². The molecule has 0 radical (unpaired) electrons. The molecule has 0 aromatic heterocycles. The van der Waals surface area contributed by atoms with E-state index in [4.69, 9.17) is 4.74 Å². The summed E-state index contributed by atoms with van der Waals surface area (Å²) in [5, 5.41) is 3.06. The summed E-state index contributed by atoms with van der Waals surface area (Å²) in [4.78, 5) is 0.301. The zero-order valence-corrected chi connectivity index (χ0v) is 13.2. The molecule has 5 nitrogen and oxygen atoms in total. The maximum absolute atomic E-state index is 12.1. The van der Waals surface area contributed by atoms with Crippen LogP contribution < -0.4 is 10.0 Å². The number of hydrogen-bond acceptors (Lipinski definition) is 4. The third-order valence-electron chi connectivity index (χ3n) is 2.97. The quantitative estimate of drug-likeness (QED) is 0.714. The molecule has 1 aromatic carbocycles. The van der Waals surface area contributed by atoms with Crippen molar-refractivity contribution in [3.63, 3.8) is 0 Å². The van der Waals surface area contributed by atoms with Gasteiger partial charge in [-0.3, -0.25) is 0 Å². The molecule has 0 saturated heterocycles. The fourth-order valence-corrected chi connectivity index (χ4v) is 2.95. The van der Waals surface area contributed by atoms with Gasteiger partial charge in [0, 0.05) is 20.3 Å². The van der Waals surface area contributed by atoms with E-state index in [0.29, 0.717) is 18.0 Å². The number of sulfonamides is 1. The van der Waals surface area contributed by atoms with Crippen LogP contribution in [0.15, 0.2) is 29.2 Å². The van der Waals surface area contributed by atoms with Gasteiger partial charge < -0.3 is 10.1 Å². The van der Waals surface area contributed by atoms with Crippen LogP contribution in [0.2, 0.25) is 0 Å². The second-order valence-electron chi connectivity index (χ2n) is 4.91. The van der Waals surface area contributed by atoms with E-state index in [2.05, 4.69) is 10.0 Å². The molecule has 1 aromatic rings. The highest BCUT2D eigenvalue weighted by Crippen LogP contribution is 2.11. The van der Waals surface area contributed by atoms with Gasteiger partial charge in [-0.05, 0) is 43.6 Å². The highest BCUT2D eigenvalue weighted by Gasteiger charge is 2.14. The number of hydrogen-bond donors (Lipinski definition) is 2. The van der Waals surface area contributed by atoms with Gasteiger partial charge in [0.25, 0.3) is 0 Å². The summed E-state index contributed by atoms with van der Waals surface area (Å²) >= 11 is 0. The summed E-state index contributed by atoms with van der Waals surface area (Å²) in [6, 6.07) is 7.00. The van der Waals surface area contributed by atoms with Gasteiger partial charge in [-0.1, -0.05) is 19.1 Å². The van der Waals surface area contributed by atoms with E-state index >= 15 is 0 Å². The third kappa shape index (κ3) is 5.58. The maximum atomic E-state index is 12.1. The van der Waals surface area contributed by atoms with Crippen molar-refractivity contribution in [1.29, 1.82) is 0 Å². The second kappa shape index (κ2) is 8.36. The molecule has 0 bridgehead atoms. The van der Waals surface area contributed by atoms with Gasteiger partial charge in [0.15, 0.2) is 0 Å². The van der Waals surface area contributed by atoms with E-state index in [1.165, 1.54) is 0 Å². The molecule has 0 aliphatic rings. The molecule has 1 atom stereocenters. The number of nitrogens with one attached hydrogen (secondary N) is 2. The molecule has 20 heavy (non-hydrogen) atoms. The summed E-state index contributed by atoms with van der Waals surface area (Å²) in [6.07, 6.45) is 0.884. The molecule has 0 spiro atoms. The van der Waals surface area contributed by atoms with Crippen LogP contribution in [0, 0.1) is 5.92 Å². The summed E-state index contributed by atoms with van der Waals surface area (Å²) in [7, 11) is 0.0667. The summed E-state index contributed by atoms with van der Waals surface area (Å²) in [5.74, 6) is 0.143. The Hall–Kier alpha value is -0.950. The topological polar surface area (TPSA) is 67.4 Å². The first-order valence-corrected chi connectivity index (χ1v) is 8.20. The Morgan fingerprint density at radius 1 is 1.25 bits per heavy atom. The Balaban J connectivity index is 2.63. The lowest BCUT2D eigenvalue weighted by Gasteiger charge is -2.12. The molecule has 0 amide bonds. The number of benzene rings is 1. The van der Waals surface area contributed by atoms with Gasteiger partial charge in [0.2, 0.25) is 10.0 Å². The molecule has 6 heteroatoms. The predicted octanol–water partition coefficient (Wildman–Crippen LogP) is 1.01. The van der Waals surface area contributed by atoms with Gasteiger partial charge >= 0.3 is 0 Å². The first-order valence-electron chi connectivity index (χ1n) is 6.71. The smallest absolute Gasteiger partial charge is 0.240 e. The van der Waals surface area contributed by atoms with Crippen LogP contribution in [0.5, 0.6) is 0 Å². The molecule has 0 fully saturated rings. The fourth-order valence-electron chi connectivity index (χ4n) is 1.78. The maximum Gasteiger partial charge on any atom is 0.240 e. The van der Waals surface area contributed by atoms with Crippen LogP contribution in [0.4, 0.5) is 0 Å². The van der Waals surface area contributed by atoms with E-state index in [1.807, 2.05) is 26.1 Å². The highest BCUT2D eigenvalue weighted by molar-refractivity contribution is 7.89. The van der Waals surface area contributed by atoms with E-state index in [0.717, 1.165) is 18.5 Å². The Labute approximate surface area is 121 Å². The summed E-state index contributed by atoms with van der Waals surface area (Å²) in [5.41, 5.74) is 1.12. The van der Waals surface area contributed by atoms with Crippen LogP contribution in [0.25, 0.3) is 0 Å². The molecular formula is C14H24N2O3S. The normalized spacial score (nSPS) is 13.3. The largest absolute Gasteiger partial charge is 0.384 e. The Morgan fingerprint density at radius 3 is 2.45 bits per heavy atom. The lowest BCUT2D eigenvalue weighted by Crippen LogP contribution is -2.30. The zero-order valence-electron chi connectivity index (χ0n) is 12.3. The summed E-state index contributed by atoms with van der Waals surface area (Å²) in [6.45, 7) is 3.72. The number of likely N-dealkylation sites (N-methyl/N-ethyl adjacent to an activating group) is 1. The van der Waals surface area contributed by atoms with Crippen molar-refractivity contribution in [3.8, 4) is 0 Å². The first kappa shape index (κ1) is 17.1. The van der Waals surface area contributed by atoms with Crippen LogP contribution >= 0.6 is 0 Å². The fraction of sp³-hybridized carbons (Fsp3) is 0.571. The minimum absolute atomic E-state index is 0.143. The van der Waals surface area contributed by atoms with Gasteiger partial charge in [0.05, 0.1) is 4.90 Å². The van der Waals surface area contributed by atoms with Crippen LogP contribution in [0.3, 0.4) is 0 Å². The van der Waals surface area contributed by atoms with Crippen molar-refractivity contribution in [2.45, 2.75) is 18.2 Å². The van der Waals surface area contributed by atoms with E-state index in [9.17, 15) is 8.42 Å². The zero-order chi connectivity index (χ0) is 15.0. The lowest BCUT2D eigenvalue weighted by molar-refractivity contribution is 0.161. The average Bonchev–Trinajstić information content (AvgIpc) is 2.44. The molecule has 0 aliphatic carbocycles. The molecule has 0 heterocycles. The Morgan fingerprint density at radius 2 is 1.90 bits per heavy atom. The first-order chi connectivity index (χ1) is 9.49. The number of methoxy groups -OCH3 is 1. The van der Waals surface area contributed by atoms with Crippen molar-refractivity contribution in [1.82, 2.24) is 10.0 Å². The second-order valence-corrected chi connectivity index (χ2v) is 6.68. The average molecular weight is 300 g/mol. The summed E-state index contributed by atoms with van der Waals surface area (Å²) < 4.78 is 31.8. The standard InChI is InChI=1S/C14H24N2O3S/c1-12(11-19-3)10-16-20(17,18)14-6-4-13(5-7-14)8-9-15-2/h4-7,12,15-16H,8-11H2,1-3H3. The van der Waals surface area contributed by atoms with Gasteiger partial charge in [-0.2, -0.15) is 0 Å². The molecule has 1 unspecified atom stereocenters. The van der Waals surface area contributed by atoms with Crippen molar-refractivity contribution < 1.29 is 13.2 Å². The van der Waals surface area contributed by atoms with Crippen molar-refractivity contribution in [2.24, 2.45) is 5.92 Å². The minimum atomic E-state index is -3.43. The van der Waals surface area contributed by atoms with E-state index in [-0.39, 0.29) is 5.92 Å². The van der Waals surface area contributed by atoms with Crippen molar-refractivity contribution in [2.75, 3.05) is 33.9 Å². The van der Waals surface area contributed by atoms with Crippen molar-refractivity contribution >= 4 is 10.0 Å². The third-order valence-corrected chi connectivity index (χ3v) is 4.41. The molecule has 2 N–H and O–H groups in total. The van der Waals surface area contributed by atoms with Crippen LogP contribution in [0.1, 0.15) is 12.5 Å². The van der Waals surface area contributed by atoms with Crippen LogP contribution in [-0.4, -0.2) is 42.3 Å². The van der Waals surface area contributed by atoms with Gasteiger partial charge in [-0.25, -0.2) is 13.1 Å². The SMILES string of the molecule is CNCCc1ccc(S(=O)(=O)NCC(C)COC)cc1. The molecular weight excluding hydrogens is 276 g/mol. The van der Waals surface area contributed by atoms with Crippen molar-refractivity contribution in [3.05, 3.63) is 29.8 Å². The Bertz CT molecular complexity index is 486. The van der Waals surface area contributed by atoms with E-state index < -0.39 is 10.0 Å². The van der Waals surface area contributed by atoms with Crippen LogP contribution in [-0.2, 0) is 21.2 Å². The lowest BCUT2D eigenvalue weighted by atomic mass is 10.1.